The molecule has 1 rings (SSSR count). The SMILES string of the molecule is CC(C)(C)NCc1cc(Br)c(Br)s1. The summed E-state index contributed by atoms with van der Waals surface area (Å²) in [6.45, 7) is 7.44. The van der Waals surface area contributed by atoms with Crippen molar-refractivity contribution in [1.82, 2.24) is 5.32 Å². The van der Waals surface area contributed by atoms with E-state index in [4.69, 9.17) is 0 Å². The van der Waals surface area contributed by atoms with Gasteiger partial charge in [0.2, 0.25) is 0 Å². The average molecular weight is 327 g/mol. The van der Waals surface area contributed by atoms with Crippen LogP contribution in [0.25, 0.3) is 0 Å². The zero-order valence-electron chi connectivity index (χ0n) is 7.95. The third-order valence-electron chi connectivity index (χ3n) is 1.49. The Hall–Kier alpha value is 0.620. The number of nitrogens with one attached hydrogen (secondary N) is 1. The molecule has 1 N–H and O–H groups in total. The highest BCUT2D eigenvalue weighted by molar-refractivity contribution is 9.13. The van der Waals surface area contributed by atoms with Gasteiger partial charge in [-0.3, -0.25) is 0 Å². The number of thiophene rings is 1. The molecule has 4 heteroatoms. The van der Waals surface area contributed by atoms with Gasteiger partial charge in [0.25, 0.3) is 0 Å². The Morgan fingerprint density at radius 1 is 1.38 bits per heavy atom. The Balaban J connectivity index is 2.56. The molecular weight excluding hydrogens is 314 g/mol. The highest BCUT2D eigenvalue weighted by Gasteiger charge is 2.10. The average Bonchev–Trinajstić information content (AvgIpc) is 2.27. The normalized spacial score (nSPS) is 12.1. The molecule has 1 nitrogen and oxygen atoms in total. The molecule has 1 aromatic heterocycles. The minimum absolute atomic E-state index is 0.183. The summed E-state index contributed by atoms with van der Waals surface area (Å²) in [7, 11) is 0. The third-order valence-corrected chi connectivity index (χ3v) is 4.75. The Morgan fingerprint density at radius 2 is 2.00 bits per heavy atom. The van der Waals surface area contributed by atoms with Crippen LogP contribution in [0.2, 0.25) is 0 Å². The van der Waals surface area contributed by atoms with Gasteiger partial charge in [0.15, 0.2) is 0 Å². The molecule has 74 valence electrons. The first-order valence-corrected chi connectivity index (χ1v) is 6.47. The Morgan fingerprint density at radius 3 is 2.38 bits per heavy atom. The molecule has 1 aromatic rings. The van der Waals surface area contributed by atoms with Crippen LogP contribution in [0, 0.1) is 0 Å². The summed E-state index contributed by atoms with van der Waals surface area (Å²) in [5.41, 5.74) is 0.183. The predicted molar refractivity (Wildman–Crippen MR) is 66.3 cm³/mol. The number of hydrogen-bond donors (Lipinski definition) is 1. The number of hydrogen-bond acceptors (Lipinski definition) is 2. The van der Waals surface area contributed by atoms with E-state index in [-0.39, 0.29) is 5.54 Å². The number of halogens is 2. The van der Waals surface area contributed by atoms with E-state index in [9.17, 15) is 0 Å². The largest absolute Gasteiger partial charge is 0.307 e. The van der Waals surface area contributed by atoms with Crippen molar-refractivity contribution in [2.45, 2.75) is 32.9 Å². The van der Waals surface area contributed by atoms with E-state index in [0.717, 1.165) is 11.0 Å². The van der Waals surface area contributed by atoms with Crippen LogP contribution in [0.5, 0.6) is 0 Å². The van der Waals surface area contributed by atoms with Gasteiger partial charge in [0, 0.05) is 21.4 Å². The van der Waals surface area contributed by atoms with Crippen LogP contribution in [-0.4, -0.2) is 5.54 Å². The minimum atomic E-state index is 0.183. The molecule has 0 spiro atoms. The van der Waals surface area contributed by atoms with Crippen molar-refractivity contribution in [2.24, 2.45) is 0 Å². The molecule has 0 saturated carbocycles. The molecule has 0 fully saturated rings. The highest BCUT2D eigenvalue weighted by atomic mass is 79.9. The van der Waals surface area contributed by atoms with Gasteiger partial charge in [-0.25, -0.2) is 0 Å². The first kappa shape index (κ1) is 11.7. The van der Waals surface area contributed by atoms with Crippen molar-refractivity contribution in [3.63, 3.8) is 0 Å². The smallest absolute Gasteiger partial charge is 0.0843 e. The van der Waals surface area contributed by atoms with E-state index in [1.807, 2.05) is 0 Å². The summed E-state index contributed by atoms with van der Waals surface area (Å²) in [5.74, 6) is 0. The maximum absolute atomic E-state index is 3.48. The summed E-state index contributed by atoms with van der Waals surface area (Å²) in [5, 5.41) is 3.45. The quantitative estimate of drug-likeness (QED) is 0.860. The lowest BCUT2D eigenvalue weighted by Crippen LogP contribution is -2.34. The standard InChI is InChI=1S/C9H13Br2NS/c1-9(2,3)12-5-6-4-7(10)8(11)13-6/h4,12H,5H2,1-3H3. The first-order chi connectivity index (χ1) is 5.88. The maximum atomic E-state index is 3.48. The van der Waals surface area contributed by atoms with E-state index < -0.39 is 0 Å². The zero-order chi connectivity index (χ0) is 10.1. The highest BCUT2D eigenvalue weighted by Crippen LogP contribution is 2.32. The van der Waals surface area contributed by atoms with Crippen molar-refractivity contribution >= 4 is 43.2 Å². The van der Waals surface area contributed by atoms with Crippen molar-refractivity contribution in [3.05, 3.63) is 19.2 Å². The first-order valence-electron chi connectivity index (χ1n) is 4.07. The van der Waals surface area contributed by atoms with E-state index in [2.05, 4.69) is 64.0 Å². The molecule has 0 atom stereocenters. The van der Waals surface area contributed by atoms with Crippen LogP contribution in [0.4, 0.5) is 0 Å². The summed E-state index contributed by atoms with van der Waals surface area (Å²) < 4.78 is 2.31. The fraction of sp³-hybridized carbons (Fsp3) is 0.556. The van der Waals surface area contributed by atoms with E-state index in [0.29, 0.717) is 0 Å². The van der Waals surface area contributed by atoms with Crippen LogP contribution in [0.15, 0.2) is 14.3 Å². The lowest BCUT2D eigenvalue weighted by atomic mass is 10.1. The summed E-state index contributed by atoms with van der Waals surface area (Å²) in [6, 6.07) is 2.15. The summed E-state index contributed by atoms with van der Waals surface area (Å²) >= 11 is 8.71. The molecule has 0 bridgehead atoms. The van der Waals surface area contributed by atoms with Crippen molar-refractivity contribution in [1.29, 1.82) is 0 Å². The van der Waals surface area contributed by atoms with Gasteiger partial charge in [0.1, 0.15) is 0 Å². The Labute approximate surface area is 100 Å². The molecular formula is C9H13Br2NS. The van der Waals surface area contributed by atoms with Crippen LogP contribution in [-0.2, 0) is 6.54 Å². The molecule has 1 heterocycles. The van der Waals surface area contributed by atoms with Gasteiger partial charge in [-0.2, -0.15) is 0 Å². The van der Waals surface area contributed by atoms with Gasteiger partial charge in [-0.05, 0) is 58.7 Å². The molecule has 0 amide bonds. The summed E-state index contributed by atoms with van der Waals surface area (Å²) in [6.07, 6.45) is 0. The van der Waals surface area contributed by atoms with Crippen molar-refractivity contribution in [2.75, 3.05) is 0 Å². The molecule has 0 unspecified atom stereocenters. The molecule has 0 radical (unpaired) electrons. The lowest BCUT2D eigenvalue weighted by Gasteiger charge is -2.19. The van der Waals surface area contributed by atoms with E-state index in [1.54, 1.807) is 11.3 Å². The molecule has 0 aromatic carbocycles. The molecule has 0 aliphatic carbocycles. The zero-order valence-corrected chi connectivity index (χ0v) is 11.9. The van der Waals surface area contributed by atoms with Crippen LogP contribution < -0.4 is 5.32 Å². The second-order valence-electron chi connectivity index (χ2n) is 3.94. The maximum Gasteiger partial charge on any atom is 0.0843 e. The molecule has 0 saturated heterocycles. The minimum Gasteiger partial charge on any atom is -0.307 e. The molecule has 0 aliphatic heterocycles. The van der Waals surface area contributed by atoms with Crippen LogP contribution in [0.1, 0.15) is 25.6 Å². The second kappa shape index (κ2) is 4.43. The lowest BCUT2D eigenvalue weighted by molar-refractivity contribution is 0.426. The Bertz CT molecular complexity index is 269. The Kier molecular flexibility index (Phi) is 3.98. The fourth-order valence-corrected chi connectivity index (χ4v) is 2.95. The van der Waals surface area contributed by atoms with Gasteiger partial charge in [-0.1, -0.05) is 0 Å². The van der Waals surface area contributed by atoms with Crippen molar-refractivity contribution < 1.29 is 0 Å². The topological polar surface area (TPSA) is 12.0 Å². The van der Waals surface area contributed by atoms with E-state index >= 15 is 0 Å². The fourth-order valence-electron chi connectivity index (χ4n) is 0.831. The monoisotopic (exact) mass is 325 g/mol. The predicted octanol–water partition coefficient (Wildman–Crippen LogP) is 4.16. The van der Waals surface area contributed by atoms with E-state index in [1.165, 1.54) is 8.66 Å². The number of rotatable bonds is 2. The van der Waals surface area contributed by atoms with Gasteiger partial charge >= 0.3 is 0 Å². The molecule has 0 aliphatic rings. The second-order valence-corrected chi connectivity index (χ2v) is 7.25. The van der Waals surface area contributed by atoms with Crippen LogP contribution in [0.3, 0.4) is 0 Å². The third kappa shape index (κ3) is 4.11. The van der Waals surface area contributed by atoms with Gasteiger partial charge in [0.05, 0.1) is 3.79 Å². The van der Waals surface area contributed by atoms with Gasteiger partial charge < -0.3 is 5.32 Å². The van der Waals surface area contributed by atoms with Gasteiger partial charge in [-0.15, -0.1) is 11.3 Å². The molecule has 13 heavy (non-hydrogen) atoms. The van der Waals surface area contributed by atoms with Crippen LogP contribution >= 0.6 is 43.2 Å². The summed E-state index contributed by atoms with van der Waals surface area (Å²) in [4.78, 5) is 1.34. The van der Waals surface area contributed by atoms with Crippen molar-refractivity contribution in [3.8, 4) is 0 Å².